The number of aromatic nitrogens is 2. The summed E-state index contributed by atoms with van der Waals surface area (Å²) in [6, 6.07) is 8.53. The number of unbranched alkanes of at least 4 members (excludes halogenated alkanes) is 1. The van der Waals surface area contributed by atoms with Gasteiger partial charge in [-0.15, -0.1) is 0 Å². The van der Waals surface area contributed by atoms with E-state index >= 15 is 0 Å². The standard InChI is InChI=1S/C20H30N4O/c1-4-5-13-24-18-11-7-6-10-17(18)22-20(24)23-12-8-9-16(14-23)19(25)21-15(2)3/h6-7,10-11,15-16H,4-5,8-9,12-14H2,1-3H3,(H,21,25)/t16-/m0/s1. The number of aryl methyl sites for hydroxylation is 1. The molecule has 136 valence electrons. The molecule has 0 bridgehead atoms. The Hall–Kier alpha value is -2.04. The second kappa shape index (κ2) is 7.89. The van der Waals surface area contributed by atoms with Crippen molar-refractivity contribution in [2.24, 2.45) is 5.92 Å². The monoisotopic (exact) mass is 342 g/mol. The van der Waals surface area contributed by atoms with Crippen molar-refractivity contribution in [1.29, 1.82) is 0 Å². The number of fused-ring (bicyclic) bond motifs is 1. The van der Waals surface area contributed by atoms with Crippen LogP contribution in [0.15, 0.2) is 24.3 Å². The predicted octanol–water partition coefficient (Wildman–Crippen LogP) is 3.58. The molecule has 1 amide bonds. The number of benzene rings is 1. The van der Waals surface area contributed by atoms with E-state index in [1.165, 1.54) is 5.52 Å². The summed E-state index contributed by atoms with van der Waals surface area (Å²) in [4.78, 5) is 19.7. The summed E-state index contributed by atoms with van der Waals surface area (Å²) in [5.74, 6) is 1.25. The highest BCUT2D eigenvalue weighted by Gasteiger charge is 2.28. The number of amides is 1. The van der Waals surface area contributed by atoms with E-state index in [4.69, 9.17) is 4.98 Å². The second-order valence-corrected chi connectivity index (χ2v) is 7.35. The largest absolute Gasteiger partial charge is 0.354 e. The summed E-state index contributed by atoms with van der Waals surface area (Å²) in [6.07, 6.45) is 4.29. The van der Waals surface area contributed by atoms with Gasteiger partial charge in [0.15, 0.2) is 0 Å². The van der Waals surface area contributed by atoms with E-state index < -0.39 is 0 Å². The molecule has 2 heterocycles. The highest BCUT2D eigenvalue weighted by molar-refractivity contribution is 5.81. The van der Waals surface area contributed by atoms with Gasteiger partial charge < -0.3 is 14.8 Å². The fourth-order valence-corrected chi connectivity index (χ4v) is 3.62. The molecule has 0 spiro atoms. The number of carbonyl (C=O) groups is 1. The number of piperidine rings is 1. The number of rotatable bonds is 6. The van der Waals surface area contributed by atoms with E-state index in [2.05, 4.69) is 39.9 Å². The summed E-state index contributed by atoms with van der Waals surface area (Å²) in [5.41, 5.74) is 2.24. The average molecular weight is 342 g/mol. The van der Waals surface area contributed by atoms with Crippen LogP contribution in [0, 0.1) is 5.92 Å². The van der Waals surface area contributed by atoms with Crippen molar-refractivity contribution in [2.75, 3.05) is 18.0 Å². The highest BCUT2D eigenvalue weighted by atomic mass is 16.2. The van der Waals surface area contributed by atoms with Gasteiger partial charge in [0.1, 0.15) is 0 Å². The van der Waals surface area contributed by atoms with Gasteiger partial charge >= 0.3 is 0 Å². The summed E-state index contributed by atoms with van der Waals surface area (Å²) < 4.78 is 2.33. The SMILES string of the molecule is CCCCn1c(N2CCC[C@H](C(=O)NC(C)C)C2)nc2ccccc21. The Kier molecular flexibility index (Phi) is 5.61. The Morgan fingerprint density at radius 1 is 1.36 bits per heavy atom. The summed E-state index contributed by atoms with van der Waals surface area (Å²) in [7, 11) is 0. The van der Waals surface area contributed by atoms with Gasteiger partial charge in [0.2, 0.25) is 11.9 Å². The molecule has 25 heavy (non-hydrogen) atoms. The minimum absolute atomic E-state index is 0.0515. The minimum Gasteiger partial charge on any atom is -0.354 e. The molecule has 0 saturated carbocycles. The molecule has 1 N–H and O–H groups in total. The van der Waals surface area contributed by atoms with E-state index in [9.17, 15) is 4.79 Å². The molecule has 5 heteroatoms. The Morgan fingerprint density at radius 3 is 2.92 bits per heavy atom. The molecule has 2 aromatic rings. The number of carbonyl (C=O) groups excluding carboxylic acids is 1. The van der Waals surface area contributed by atoms with Gasteiger partial charge in [-0.05, 0) is 45.2 Å². The summed E-state index contributed by atoms with van der Waals surface area (Å²) >= 11 is 0. The molecule has 1 aliphatic heterocycles. The van der Waals surface area contributed by atoms with Gasteiger partial charge in [-0.3, -0.25) is 4.79 Å². The van der Waals surface area contributed by atoms with Crippen LogP contribution in [-0.2, 0) is 11.3 Å². The summed E-state index contributed by atoms with van der Waals surface area (Å²) in [6.45, 7) is 8.96. The number of imidazole rings is 1. The molecule has 5 nitrogen and oxygen atoms in total. The number of anilines is 1. The lowest BCUT2D eigenvalue weighted by Gasteiger charge is -2.33. The highest BCUT2D eigenvalue weighted by Crippen LogP contribution is 2.27. The zero-order chi connectivity index (χ0) is 17.8. The van der Waals surface area contributed by atoms with Gasteiger partial charge in [0.05, 0.1) is 17.0 Å². The summed E-state index contributed by atoms with van der Waals surface area (Å²) in [5, 5.41) is 3.07. The average Bonchev–Trinajstić information content (AvgIpc) is 2.98. The number of nitrogens with one attached hydrogen (secondary N) is 1. The molecule has 0 radical (unpaired) electrons. The molecular formula is C20H30N4O. The quantitative estimate of drug-likeness (QED) is 0.873. The Morgan fingerprint density at radius 2 is 2.16 bits per heavy atom. The molecule has 1 aromatic heterocycles. The Balaban J connectivity index is 1.86. The van der Waals surface area contributed by atoms with E-state index in [1.54, 1.807) is 0 Å². The maximum atomic E-state index is 12.4. The molecule has 0 aliphatic carbocycles. The molecule has 1 atom stereocenters. The molecular weight excluding hydrogens is 312 g/mol. The number of para-hydroxylation sites is 2. The van der Waals surface area contributed by atoms with Gasteiger partial charge in [-0.25, -0.2) is 4.98 Å². The van der Waals surface area contributed by atoms with Gasteiger partial charge in [0.25, 0.3) is 0 Å². The second-order valence-electron chi connectivity index (χ2n) is 7.35. The van der Waals surface area contributed by atoms with Gasteiger partial charge in [-0.1, -0.05) is 25.5 Å². The van der Waals surface area contributed by atoms with Crippen molar-refractivity contribution in [2.45, 2.75) is 59.0 Å². The molecule has 1 aromatic carbocycles. The van der Waals surface area contributed by atoms with E-state index in [1.807, 2.05) is 19.9 Å². The third-order valence-electron chi connectivity index (χ3n) is 4.88. The lowest BCUT2D eigenvalue weighted by molar-refractivity contribution is -0.125. The smallest absolute Gasteiger partial charge is 0.225 e. The van der Waals surface area contributed by atoms with Crippen molar-refractivity contribution in [3.63, 3.8) is 0 Å². The zero-order valence-corrected chi connectivity index (χ0v) is 15.7. The first kappa shape index (κ1) is 17.8. The third kappa shape index (κ3) is 3.97. The van der Waals surface area contributed by atoms with Crippen molar-refractivity contribution in [3.05, 3.63) is 24.3 Å². The minimum atomic E-state index is 0.0515. The zero-order valence-electron chi connectivity index (χ0n) is 15.7. The normalized spacial score (nSPS) is 18.1. The van der Waals surface area contributed by atoms with E-state index in [-0.39, 0.29) is 17.9 Å². The van der Waals surface area contributed by atoms with Gasteiger partial charge in [0, 0.05) is 25.7 Å². The maximum absolute atomic E-state index is 12.4. The van der Waals surface area contributed by atoms with Gasteiger partial charge in [-0.2, -0.15) is 0 Å². The van der Waals surface area contributed by atoms with Crippen molar-refractivity contribution in [3.8, 4) is 0 Å². The number of nitrogens with zero attached hydrogens (tertiary/aromatic N) is 3. The van der Waals surface area contributed by atoms with Crippen LogP contribution in [0.25, 0.3) is 11.0 Å². The topological polar surface area (TPSA) is 50.2 Å². The van der Waals surface area contributed by atoms with Crippen LogP contribution in [0.5, 0.6) is 0 Å². The van der Waals surface area contributed by atoms with Crippen molar-refractivity contribution in [1.82, 2.24) is 14.9 Å². The molecule has 0 unspecified atom stereocenters. The van der Waals surface area contributed by atoms with Crippen LogP contribution in [0.2, 0.25) is 0 Å². The van der Waals surface area contributed by atoms with E-state index in [0.29, 0.717) is 0 Å². The first-order chi connectivity index (χ1) is 12.1. The molecule has 1 saturated heterocycles. The van der Waals surface area contributed by atoms with Crippen LogP contribution in [0.3, 0.4) is 0 Å². The third-order valence-corrected chi connectivity index (χ3v) is 4.88. The van der Waals surface area contributed by atoms with Crippen LogP contribution in [-0.4, -0.2) is 34.6 Å². The van der Waals surface area contributed by atoms with Crippen LogP contribution < -0.4 is 10.2 Å². The predicted molar refractivity (Wildman–Crippen MR) is 103 cm³/mol. The fourth-order valence-electron chi connectivity index (χ4n) is 3.62. The fraction of sp³-hybridized carbons (Fsp3) is 0.600. The van der Waals surface area contributed by atoms with Crippen molar-refractivity contribution >= 4 is 22.9 Å². The lowest BCUT2D eigenvalue weighted by Crippen LogP contribution is -2.45. The van der Waals surface area contributed by atoms with Crippen LogP contribution in [0.1, 0.15) is 46.5 Å². The number of hydrogen-bond acceptors (Lipinski definition) is 3. The van der Waals surface area contributed by atoms with Crippen molar-refractivity contribution < 1.29 is 4.79 Å². The Bertz CT molecular complexity index is 722. The first-order valence-corrected chi connectivity index (χ1v) is 9.60. The number of hydrogen-bond donors (Lipinski definition) is 1. The molecule has 3 rings (SSSR count). The lowest BCUT2D eigenvalue weighted by atomic mass is 9.97. The van der Waals surface area contributed by atoms with E-state index in [0.717, 1.165) is 56.8 Å². The maximum Gasteiger partial charge on any atom is 0.225 e. The first-order valence-electron chi connectivity index (χ1n) is 9.60. The Labute approximate surface area is 150 Å². The molecule has 1 aliphatic rings. The molecule has 1 fully saturated rings. The van der Waals surface area contributed by atoms with Crippen LogP contribution >= 0.6 is 0 Å². The van der Waals surface area contributed by atoms with Crippen LogP contribution in [0.4, 0.5) is 5.95 Å².